The molecule has 0 unspecified atom stereocenters. The van der Waals surface area contributed by atoms with Crippen molar-refractivity contribution < 1.29 is 14.7 Å². The fourth-order valence-corrected chi connectivity index (χ4v) is 2.21. The van der Waals surface area contributed by atoms with Crippen LogP contribution in [0.4, 0.5) is 0 Å². The van der Waals surface area contributed by atoms with Crippen LogP contribution < -0.4 is 5.32 Å². The number of hydrogen-bond donors (Lipinski definition) is 2. The maximum absolute atomic E-state index is 11.7. The third kappa shape index (κ3) is 4.91. The molecule has 0 atom stereocenters. The molecule has 0 saturated heterocycles. The van der Waals surface area contributed by atoms with Crippen molar-refractivity contribution in [2.24, 2.45) is 0 Å². The number of aliphatic carboxylic acids is 1. The van der Waals surface area contributed by atoms with Crippen LogP contribution in [0.15, 0.2) is 42.5 Å². The molecule has 0 bridgehead atoms. The van der Waals surface area contributed by atoms with Crippen LogP contribution >= 0.6 is 0 Å². The first-order valence-electron chi connectivity index (χ1n) is 7.11. The van der Waals surface area contributed by atoms with Gasteiger partial charge in [-0.15, -0.1) is 0 Å². The van der Waals surface area contributed by atoms with Gasteiger partial charge in [-0.3, -0.25) is 9.59 Å². The van der Waals surface area contributed by atoms with Gasteiger partial charge in [0.25, 0.3) is 0 Å². The zero-order valence-electron chi connectivity index (χ0n) is 11.8. The molecule has 0 heterocycles. The molecule has 4 nitrogen and oxygen atoms in total. The first-order valence-corrected chi connectivity index (χ1v) is 7.11. The summed E-state index contributed by atoms with van der Waals surface area (Å²) < 4.78 is 0. The van der Waals surface area contributed by atoms with Crippen molar-refractivity contribution in [3.8, 4) is 0 Å². The van der Waals surface area contributed by atoms with E-state index in [2.05, 4.69) is 29.6 Å². The van der Waals surface area contributed by atoms with Gasteiger partial charge in [0.15, 0.2) is 0 Å². The van der Waals surface area contributed by atoms with Crippen LogP contribution in [0.2, 0.25) is 0 Å². The van der Waals surface area contributed by atoms with Crippen molar-refractivity contribution in [3.63, 3.8) is 0 Å². The quantitative estimate of drug-likeness (QED) is 0.769. The van der Waals surface area contributed by atoms with Crippen molar-refractivity contribution in [2.45, 2.75) is 25.7 Å². The van der Waals surface area contributed by atoms with E-state index in [0.29, 0.717) is 25.8 Å². The van der Waals surface area contributed by atoms with E-state index >= 15 is 0 Å². The molecule has 0 saturated carbocycles. The number of fused-ring (bicyclic) bond motifs is 1. The van der Waals surface area contributed by atoms with Crippen molar-refractivity contribution >= 4 is 22.6 Å². The van der Waals surface area contributed by atoms with Gasteiger partial charge in [-0.1, -0.05) is 42.5 Å². The van der Waals surface area contributed by atoms with Gasteiger partial charge in [0.2, 0.25) is 5.91 Å². The lowest BCUT2D eigenvalue weighted by molar-refractivity contribution is -0.137. The molecule has 2 rings (SSSR count). The van der Waals surface area contributed by atoms with Gasteiger partial charge in [0, 0.05) is 19.4 Å². The Kier molecular flexibility index (Phi) is 5.32. The van der Waals surface area contributed by atoms with E-state index in [1.165, 1.54) is 10.8 Å². The number of carbonyl (C=O) groups excluding carboxylic acids is 1. The largest absolute Gasteiger partial charge is 0.481 e. The fraction of sp³-hybridized carbons (Fsp3) is 0.294. The molecular formula is C17H19NO3. The van der Waals surface area contributed by atoms with Gasteiger partial charge in [0.1, 0.15) is 0 Å². The molecule has 1 amide bonds. The van der Waals surface area contributed by atoms with Crippen LogP contribution in [0.25, 0.3) is 10.8 Å². The summed E-state index contributed by atoms with van der Waals surface area (Å²) in [5, 5.41) is 13.6. The lowest BCUT2D eigenvalue weighted by Crippen LogP contribution is -2.25. The Bertz CT molecular complexity index is 637. The van der Waals surface area contributed by atoms with Gasteiger partial charge in [-0.25, -0.2) is 0 Å². The smallest absolute Gasteiger partial charge is 0.303 e. The first kappa shape index (κ1) is 15.0. The topological polar surface area (TPSA) is 66.4 Å². The van der Waals surface area contributed by atoms with E-state index < -0.39 is 5.97 Å². The summed E-state index contributed by atoms with van der Waals surface area (Å²) in [5.74, 6) is -0.867. The van der Waals surface area contributed by atoms with E-state index in [0.717, 1.165) is 5.56 Å². The third-order valence-corrected chi connectivity index (χ3v) is 3.34. The number of benzene rings is 2. The number of amides is 1. The van der Waals surface area contributed by atoms with E-state index in [4.69, 9.17) is 5.11 Å². The maximum atomic E-state index is 11.7. The number of carbonyl (C=O) groups is 2. The minimum atomic E-state index is -0.833. The summed E-state index contributed by atoms with van der Waals surface area (Å²) in [6, 6.07) is 14.3. The van der Waals surface area contributed by atoms with Crippen molar-refractivity contribution in [1.82, 2.24) is 5.32 Å². The molecule has 21 heavy (non-hydrogen) atoms. The molecule has 0 radical (unpaired) electrons. The van der Waals surface area contributed by atoms with Crippen molar-refractivity contribution in [1.29, 1.82) is 0 Å². The monoisotopic (exact) mass is 285 g/mol. The van der Waals surface area contributed by atoms with E-state index in [-0.39, 0.29) is 12.3 Å². The van der Waals surface area contributed by atoms with Crippen LogP contribution in [-0.4, -0.2) is 23.5 Å². The molecule has 2 aromatic carbocycles. The molecule has 0 aromatic heterocycles. The summed E-state index contributed by atoms with van der Waals surface area (Å²) in [4.78, 5) is 22.0. The van der Waals surface area contributed by atoms with Crippen LogP contribution in [0.3, 0.4) is 0 Å². The first-order chi connectivity index (χ1) is 10.1. The molecule has 0 aliphatic rings. The van der Waals surface area contributed by atoms with Crippen LogP contribution in [0, 0.1) is 0 Å². The number of carboxylic acids is 1. The predicted molar refractivity (Wildman–Crippen MR) is 82.1 cm³/mol. The lowest BCUT2D eigenvalue weighted by atomic mass is 10.0. The Balaban J connectivity index is 1.78. The summed E-state index contributed by atoms with van der Waals surface area (Å²) in [6.07, 6.45) is 1.67. The Labute approximate surface area is 123 Å². The molecule has 2 N–H and O–H groups in total. The average Bonchev–Trinajstić information content (AvgIpc) is 2.49. The number of nitrogens with one attached hydrogen (secondary N) is 1. The van der Waals surface area contributed by atoms with Crippen molar-refractivity contribution in [3.05, 3.63) is 48.0 Å². The number of aryl methyl sites for hydroxylation is 1. The lowest BCUT2D eigenvalue weighted by Gasteiger charge is -2.05. The molecule has 2 aromatic rings. The molecule has 4 heteroatoms. The standard InChI is InChI=1S/C17H19NO3/c19-16(18-11-3-6-17(20)21)10-8-13-7-9-14-4-1-2-5-15(14)12-13/h1-2,4-5,7,9,12H,3,6,8,10-11H2,(H,18,19)(H,20,21). The molecular weight excluding hydrogens is 266 g/mol. The second-order valence-corrected chi connectivity index (χ2v) is 5.03. The molecule has 110 valence electrons. The minimum Gasteiger partial charge on any atom is -0.481 e. The zero-order valence-corrected chi connectivity index (χ0v) is 11.8. The average molecular weight is 285 g/mol. The summed E-state index contributed by atoms with van der Waals surface area (Å²) in [5.41, 5.74) is 1.13. The van der Waals surface area contributed by atoms with E-state index in [1.807, 2.05) is 18.2 Å². The van der Waals surface area contributed by atoms with Crippen molar-refractivity contribution in [2.75, 3.05) is 6.54 Å². The van der Waals surface area contributed by atoms with Gasteiger partial charge in [0.05, 0.1) is 0 Å². The SMILES string of the molecule is O=C(O)CCCNC(=O)CCc1ccc2ccccc2c1. The number of carboxylic acid groups (broad SMARTS) is 1. The summed E-state index contributed by atoms with van der Waals surface area (Å²) in [7, 11) is 0. The molecule has 0 spiro atoms. The number of hydrogen-bond acceptors (Lipinski definition) is 2. The highest BCUT2D eigenvalue weighted by Gasteiger charge is 2.03. The maximum Gasteiger partial charge on any atom is 0.303 e. The summed E-state index contributed by atoms with van der Waals surface area (Å²) >= 11 is 0. The normalized spacial score (nSPS) is 10.5. The van der Waals surface area contributed by atoms with Crippen LogP contribution in [0.1, 0.15) is 24.8 Å². The molecule has 0 fully saturated rings. The highest BCUT2D eigenvalue weighted by molar-refractivity contribution is 5.83. The highest BCUT2D eigenvalue weighted by Crippen LogP contribution is 2.16. The second-order valence-electron chi connectivity index (χ2n) is 5.03. The summed E-state index contributed by atoms with van der Waals surface area (Å²) in [6.45, 7) is 0.419. The van der Waals surface area contributed by atoms with Gasteiger partial charge in [-0.2, -0.15) is 0 Å². The van der Waals surface area contributed by atoms with Crippen LogP contribution in [-0.2, 0) is 16.0 Å². The van der Waals surface area contributed by atoms with Gasteiger partial charge < -0.3 is 10.4 Å². The van der Waals surface area contributed by atoms with Crippen LogP contribution in [0.5, 0.6) is 0 Å². The molecule has 0 aliphatic carbocycles. The Hall–Kier alpha value is -2.36. The Morgan fingerprint density at radius 2 is 1.76 bits per heavy atom. The van der Waals surface area contributed by atoms with E-state index in [1.54, 1.807) is 0 Å². The minimum absolute atomic E-state index is 0.0338. The predicted octanol–water partition coefficient (Wildman–Crippen LogP) is 2.75. The molecule has 0 aliphatic heterocycles. The Morgan fingerprint density at radius 1 is 1.00 bits per heavy atom. The van der Waals surface area contributed by atoms with Gasteiger partial charge >= 0.3 is 5.97 Å². The third-order valence-electron chi connectivity index (χ3n) is 3.34. The fourth-order valence-electron chi connectivity index (χ4n) is 2.21. The highest BCUT2D eigenvalue weighted by atomic mass is 16.4. The zero-order chi connectivity index (χ0) is 15.1. The number of rotatable bonds is 7. The Morgan fingerprint density at radius 3 is 2.52 bits per heavy atom. The van der Waals surface area contributed by atoms with Gasteiger partial charge in [-0.05, 0) is 29.2 Å². The second kappa shape index (κ2) is 7.43. The van der Waals surface area contributed by atoms with E-state index in [9.17, 15) is 9.59 Å².